The summed E-state index contributed by atoms with van der Waals surface area (Å²) in [5.41, 5.74) is 2.86. The molecule has 3 aromatic rings. The molecule has 0 unspecified atom stereocenters. The quantitative estimate of drug-likeness (QED) is 0.700. The van der Waals surface area contributed by atoms with Crippen molar-refractivity contribution >= 4 is 5.69 Å². The monoisotopic (exact) mass is 310 g/mol. The molecule has 0 bridgehead atoms. The zero-order valence-corrected chi connectivity index (χ0v) is 12.6. The third-order valence-electron chi connectivity index (χ3n) is 3.22. The molecule has 2 aromatic heterocycles. The number of hydrogen-bond acceptors (Lipinski definition) is 5. The number of benzene rings is 1. The fourth-order valence-corrected chi connectivity index (χ4v) is 2.09. The first-order chi connectivity index (χ1) is 11.3. The van der Waals surface area contributed by atoms with Crippen LogP contribution in [0.25, 0.3) is 5.69 Å². The molecular formula is C17H18N4O2. The average Bonchev–Trinajstić information content (AvgIpc) is 3.09. The highest BCUT2D eigenvalue weighted by Gasteiger charge is 2.02. The van der Waals surface area contributed by atoms with E-state index in [1.165, 1.54) is 0 Å². The van der Waals surface area contributed by atoms with E-state index >= 15 is 0 Å². The first-order valence-corrected chi connectivity index (χ1v) is 7.39. The van der Waals surface area contributed by atoms with Crippen LogP contribution in [0.5, 0.6) is 5.88 Å². The highest BCUT2D eigenvalue weighted by molar-refractivity contribution is 5.42. The molecular weight excluding hydrogens is 292 g/mol. The predicted octanol–water partition coefficient (Wildman–Crippen LogP) is 2.25. The molecule has 0 aliphatic heterocycles. The van der Waals surface area contributed by atoms with Crippen molar-refractivity contribution in [3.63, 3.8) is 0 Å². The Morgan fingerprint density at radius 1 is 1.09 bits per heavy atom. The van der Waals surface area contributed by atoms with Crippen LogP contribution in [0.1, 0.15) is 5.69 Å². The number of aromatic nitrogens is 3. The van der Waals surface area contributed by atoms with Crippen LogP contribution >= 0.6 is 0 Å². The fourth-order valence-electron chi connectivity index (χ4n) is 2.09. The molecule has 0 spiro atoms. The number of nitrogens with zero attached hydrogens (tertiary/aromatic N) is 3. The van der Waals surface area contributed by atoms with E-state index in [2.05, 4.69) is 15.4 Å². The zero-order chi connectivity index (χ0) is 15.9. The second kappa shape index (κ2) is 7.42. The normalized spacial score (nSPS) is 10.5. The molecule has 0 aliphatic rings. The molecule has 2 heterocycles. The number of para-hydroxylation sites is 1. The summed E-state index contributed by atoms with van der Waals surface area (Å²) >= 11 is 0. The average molecular weight is 310 g/mol. The van der Waals surface area contributed by atoms with Crippen molar-refractivity contribution in [3.05, 3.63) is 66.6 Å². The summed E-state index contributed by atoms with van der Waals surface area (Å²) in [5.74, 6) is 0.498. The molecule has 23 heavy (non-hydrogen) atoms. The van der Waals surface area contributed by atoms with Gasteiger partial charge in [-0.25, -0.2) is 9.67 Å². The molecule has 0 amide bonds. The van der Waals surface area contributed by atoms with Crippen molar-refractivity contribution < 1.29 is 9.84 Å². The van der Waals surface area contributed by atoms with Crippen molar-refractivity contribution in [2.45, 2.75) is 6.54 Å². The van der Waals surface area contributed by atoms with Gasteiger partial charge in [-0.15, -0.1) is 0 Å². The van der Waals surface area contributed by atoms with Crippen LogP contribution in [-0.2, 0) is 6.54 Å². The van der Waals surface area contributed by atoms with Crippen LogP contribution < -0.4 is 10.1 Å². The third-order valence-corrected chi connectivity index (χ3v) is 3.22. The van der Waals surface area contributed by atoms with Crippen molar-refractivity contribution in [3.8, 4) is 11.6 Å². The number of rotatable bonds is 7. The van der Waals surface area contributed by atoms with Crippen molar-refractivity contribution in [1.29, 1.82) is 0 Å². The van der Waals surface area contributed by atoms with Gasteiger partial charge in [0.2, 0.25) is 5.88 Å². The Labute approximate surface area is 134 Å². The van der Waals surface area contributed by atoms with Gasteiger partial charge in [0, 0.05) is 12.3 Å². The minimum atomic E-state index is -0.0221. The van der Waals surface area contributed by atoms with Crippen LogP contribution in [0.15, 0.2) is 60.9 Å². The lowest BCUT2D eigenvalue weighted by Crippen LogP contribution is -2.04. The topological polar surface area (TPSA) is 72.2 Å². The molecule has 0 atom stereocenters. The molecule has 1 aromatic carbocycles. The number of pyridine rings is 1. The van der Waals surface area contributed by atoms with Gasteiger partial charge in [-0.2, -0.15) is 5.10 Å². The van der Waals surface area contributed by atoms with Gasteiger partial charge >= 0.3 is 0 Å². The van der Waals surface area contributed by atoms with Gasteiger partial charge in [-0.3, -0.25) is 0 Å². The van der Waals surface area contributed by atoms with Crippen LogP contribution in [0, 0.1) is 0 Å². The van der Waals surface area contributed by atoms with Gasteiger partial charge in [0.15, 0.2) is 0 Å². The SMILES string of the molecule is OCCOc1ccc(NCc2ccn(-c3ccccc3)n2)cn1. The van der Waals surface area contributed by atoms with Gasteiger partial charge in [0.05, 0.1) is 36.4 Å². The van der Waals surface area contributed by atoms with E-state index in [0.29, 0.717) is 12.4 Å². The Bertz CT molecular complexity index is 726. The molecule has 0 saturated carbocycles. The summed E-state index contributed by atoms with van der Waals surface area (Å²) in [4.78, 5) is 4.16. The Kier molecular flexibility index (Phi) is 4.85. The number of aliphatic hydroxyl groups is 1. The van der Waals surface area contributed by atoms with E-state index in [1.54, 1.807) is 12.3 Å². The highest BCUT2D eigenvalue weighted by atomic mass is 16.5. The Hall–Kier alpha value is -2.86. The standard InChI is InChI=1S/C17H18N4O2/c22-10-11-23-17-7-6-14(12-19-17)18-13-15-8-9-21(20-15)16-4-2-1-3-5-16/h1-9,12,18,22H,10-11,13H2. The summed E-state index contributed by atoms with van der Waals surface area (Å²) in [6, 6.07) is 15.6. The summed E-state index contributed by atoms with van der Waals surface area (Å²) in [6.45, 7) is 0.834. The Balaban J connectivity index is 1.57. The van der Waals surface area contributed by atoms with Crippen LogP contribution in [0.3, 0.4) is 0 Å². The van der Waals surface area contributed by atoms with E-state index in [4.69, 9.17) is 9.84 Å². The molecule has 118 valence electrons. The highest BCUT2D eigenvalue weighted by Crippen LogP contribution is 2.13. The van der Waals surface area contributed by atoms with Gasteiger partial charge in [-0.1, -0.05) is 18.2 Å². The number of hydrogen-bond donors (Lipinski definition) is 2. The minimum Gasteiger partial charge on any atom is -0.475 e. The third kappa shape index (κ3) is 4.08. The second-order valence-electron chi connectivity index (χ2n) is 4.90. The maximum absolute atomic E-state index is 8.70. The van der Waals surface area contributed by atoms with E-state index in [-0.39, 0.29) is 13.2 Å². The molecule has 0 fully saturated rings. The largest absolute Gasteiger partial charge is 0.475 e. The molecule has 0 saturated heterocycles. The first kappa shape index (κ1) is 15.1. The van der Waals surface area contributed by atoms with E-state index < -0.39 is 0 Å². The molecule has 3 rings (SSSR count). The molecule has 0 radical (unpaired) electrons. The predicted molar refractivity (Wildman–Crippen MR) is 87.7 cm³/mol. The number of nitrogens with one attached hydrogen (secondary N) is 1. The lowest BCUT2D eigenvalue weighted by molar-refractivity contribution is 0.196. The summed E-state index contributed by atoms with van der Waals surface area (Å²) in [5, 5.41) is 16.5. The number of aliphatic hydroxyl groups excluding tert-OH is 1. The summed E-state index contributed by atoms with van der Waals surface area (Å²) < 4.78 is 7.07. The van der Waals surface area contributed by atoms with Crippen molar-refractivity contribution in [2.75, 3.05) is 18.5 Å². The molecule has 0 aliphatic carbocycles. The Morgan fingerprint density at radius 2 is 1.96 bits per heavy atom. The van der Waals surface area contributed by atoms with Crippen molar-refractivity contribution in [1.82, 2.24) is 14.8 Å². The summed E-state index contributed by atoms with van der Waals surface area (Å²) in [6.07, 6.45) is 3.64. The maximum atomic E-state index is 8.70. The van der Waals surface area contributed by atoms with Crippen LogP contribution in [-0.4, -0.2) is 33.1 Å². The Morgan fingerprint density at radius 3 is 2.70 bits per heavy atom. The van der Waals surface area contributed by atoms with Gasteiger partial charge in [0.1, 0.15) is 6.61 Å². The van der Waals surface area contributed by atoms with Gasteiger partial charge in [0.25, 0.3) is 0 Å². The fraction of sp³-hybridized carbons (Fsp3) is 0.176. The zero-order valence-electron chi connectivity index (χ0n) is 12.6. The first-order valence-electron chi connectivity index (χ1n) is 7.39. The smallest absolute Gasteiger partial charge is 0.213 e. The lowest BCUT2D eigenvalue weighted by Gasteiger charge is -2.06. The van der Waals surface area contributed by atoms with E-state index in [0.717, 1.165) is 17.1 Å². The maximum Gasteiger partial charge on any atom is 0.213 e. The molecule has 6 heteroatoms. The van der Waals surface area contributed by atoms with Gasteiger partial charge < -0.3 is 15.2 Å². The molecule has 6 nitrogen and oxygen atoms in total. The van der Waals surface area contributed by atoms with Crippen molar-refractivity contribution in [2.24, 2.45) is 0 Å². The lowest BCUT2D eigenvalue weighted by atomic mass is 10.3. The van der Waals surface area contributed by atoms with E-state index in [1.807, 2.05) is 53.3 Å². The molecule has 2 N–H and O–H groups in total. The van der Waals surface area contributed by atoms with Crippen LogP contribution in [0.2, 0.25) is 0 Å². The second-order valence-corrected chi connectivity index (χ2v) is 4.90. The minimum absolute atomic E-state index is 0.0221. The number of ether oxygens (including phenoxy) is 1. The van der Waals surface area contributed by atoms with Gasteiger partial charge in [-0.05, 0) is 24.3 Å². The van der Waals surface area contributed by atoms with Crippen LogP contribution in [0.4, 0.5) is 5.69 Å². The number of anilines is 1. The van der Waals surface area contributed by atoms with E-state index in [9.17, 15) is 0 Å². The summed E-state index contributed by atoms with van der Waals surface area (Å²) in [7, 11) is 0.